The molecule has 3 nitrogen and oxygen atoms in total. The molecule has 0 amide bonds. The van der Waals surface area contributed by atoms with Crippen LogP contribution in [0.2, 0.25) is 20.1 Å². The van der Waals surface area contributed by atoms with Gasteiger partial charge in [-0.2, -0.15) is 0 Å². The molecule has 1 N–H and O–H groups in total. The first-order valence-electron chi connectivity index (χ1n) is 5.07. The minimum atomic E-state index is 0.189. The predicted molar refractivity (Wildman–Crippen MR) is 81.0 cm³/mol. The summed E-state index contributed by atoms with van der Waals surface area (Å²) in [5.74, 6) is 0. The van der Waals surface area contributed by atoms with Gasteiger partial charge >= 0.3 is 5.69 Å². The number of nitrogens with one attached hydrogen (secondary N) is 1. The molecule has 0 aliphatic heterocycles. The SMILES string of the molecule is N#[N+]c1cc(Cl)c(Nc2cc(Cl)ccc2Cl)cc1Cl. The molecule has 0 fully saturated rings. The summed E-state index contributed by atoms with van der Waals surface area (Å²) < 4.78 is 0. The number of diazo groups is 1. The number of hydrogen-bond donors (Lipinski definition) is 1. The fourth-order valence-corrected chi connectivity index (χ4v) is 2.19. The topological polar surface area (TPSA) is 40.2 Å². The summed E-state index contributed by atoms with van der Waals surface area (Å²) in [5.41, 5.74) is 1.32. The second-order valence-electron chi connectivity index (χ2n) is 3.63. The van der Waals surface area contributed by atoms with Gasteiger partial charge in [-0.25, -0.2) is 0 Å². The van der Waals surface area contributed by atoms with Gasteiger partial charge in [0, 0.05) is 5.02 Å². The molecule has 0 atom stereocenters. The minimum absolute atomic E-state index is 0.189. The van der Waals surface area contributed by atoms with Gasteiger partial charge in [-0.15, -0.1) is 0 Å². The molecule has 2 rings (SSSR count). The van der Waals surface area contributed by atoms with Crippen molar-refractivity contribution in [2.75, 3.05) is 5.32 Å². The Balaban J connectivity index is 2.42. The molecule has 0 saturated heterocycles. The number of hydrogen-bond acceptors (Lipinski definition) is 2. The molecule has 0 saturated carbocycles. The highest BCUT2D eigenvalue weighted by Crippen LogP contribution is 2.37. The Bertz CT molecular complexity index is 679. The Hall–Kier alpha value is -1.18. The van der Waals surface area contributed by atoms with Crippen LogP contribution in [0.4, 0.5) is 17.1 Å². The van der Waals surface area contributed by atoms with Crippen LogP contribution < -0.4 is 5.32 Å². The lowest BCUT2D eigenvalue weighted by Gasteiger charge is -2.10. The first-order chi connectivity index (χ1) is 9.01. The lowest BCUT2D eigenvalue weighted by Crippen LogP contribution is -1.92. The highest BCUT2D eigenvalue weighted by molar-refractivity contribution is 6.38. The zero-order chi connectivity index (χ0) is 14.0. The van der Waals surface area contributed by atoms with E-state index in [0.717, 1.165) is 0 Å². The van der Waals surface area contributed by atoms with Crippen LogP contribution >= 0.6 is 46.4 Å². The van der Waals surface area contributed by atoms with E-state index >= 15 is 0 Å². The van der Waals surface area contributed by atoms with Crippen molar-refractivity contribution >= 4 is 63.5 Å². The van der Waals surface area contributed by atoms with Gasteiger partial charge in [0.1, 0.15) is 5.02 Å². The second kappa shape index (κ2) is 5.85. The Kier molecular flexibility index (Phi) is 4.38. The van der Waals surface area contributed by atoms with Gasteiger partial charge in [0.25, 0.3) is 0 Å². The number of nitrogens with zero attached hydrogens (tertiary/aromatic N) is 2. The first kappa shape index (κ1) is 14.2. The quantitative estimate of drug-likeness (QED) is 0.634. The predicted octanol–water partition coefficient (Wildman–Crippen LogP) is 6.53. The van der Waals surface area contributed by atoms with Crippen LogP contribution in [0.15, 0.2) is 30.3 Å². The van der Waals surface area contributed by atoms with Crippen molar-refractivity contribution in [2.24, 2.45) is 0 Å². The summed E-state index contributed by atoms with van der Waals surface area (Å²) in [4.78, 5) is 3.02. The minimum Gasteiger partial charge on any atom is -0.353 e. The number of anilines is 2. The zero-order valence-electron chi connectivity index (χ0n) is 9.29. The smallest absolute Gasteiger partial charge is 0.353 e. The van der Waals surface area contributed by atoms with Gasteiger partial charge in [0.15, 0.2) is 4.98 Å². The number of benzene rings is 2. The monoisotopic (exact) mass is 332 g/mol. The van der Waals surface area contributed by atoms with Gasteiger partial charge in [-0.1, -0.05) is 46.4 Å². The number of halogens is 4. The third kappa shape index (κ3) is 3.23. The van der Waals surface area contributed by atoms with E-state index < -0.39 is 0 Å². The summed E-state index contributed by atoms with van der Waals surface area (Å²) in [6.07, 6.45) is 0. The van der Waals surface area contributed by atoms with Gasteiger partial charge in [-0.05, 0) is 24.3 Å². The van der Waals surface area contributed by atoms with Crippen LogP contribution in [0.1, 0.15) is 0 Å². The second-order valence-corrected chi connectivity index (χ2v) is 5.29. The van der Waals surface area contributed by atoms with Crippen LogP contribution in [-0.4, -0.2) is 0 Å². The fraction of sp³-hybridized carbons (Fsp3) is 0. The lowest BCUT2D eigenvalue weighted by atomic mass is 10.2. The third-order valence-electron chi connectivity index (χ3n) is 2.34. The van der Waals surface area contributed by atoms with Gasteiger partial charge in [0.2, 0.25) is 5.39 Å². The molecular formula is C12H6Cl4N3+. The first-order valence-corrected chi connectivity index (χ1v) is 6.58. The molecule has 0 aliphatic rings. The summed E-state index contributed by atoms with van der Waals surface area (Å²) in [5, 5.41) is 13.4. The van der Waals surface area contributed by atoms with Crippen LogP contribution in [0.5, 0.6) is 0 Å². The molecular weight excluding hydrogens is 328 g/mol. The van der Waals surface area contributed by atoms with E-state index in [-0.39, 0.29) is 10.7 Å². The van der Waals surface area contributed by atoms with E-state index in [1.165, 1.54) is 12.1 Å². The molecule has 0 radical (unpaired) electrons. The maximum absolute atomic E-state index is 8.73. The molecule has 0 bridgehead atoms. The molecule has 0 aromatic heterocycles. The van der Waals surface area contributed by atoms with E-state index in [1.54, 1.807) is 18.2 Å². The molecule has 0 aliphatic carbocycles. The van der Waals surface area contributed by atoms with Crippen molar-refractivity contribution in [3.63, 3.8) is 0 Å². The Morgan fingerprint density at radius 3 is 2.21 bits per heavy atom. The van der Waals surface area contributed by atoms with Crippen molar-refractivity contribution in [1.82, 2.24) is 0 Å². The molecule has 2 aromatic rings. The molecule has 7 heteroatoms. The van der Waals surface area contributed by atoms with E-state index in [0.29, 0.717) is 26.4 Å². The third-order valence-corrected chi connectivity index (χ3v) is 3.52. The summed E-state index contributed by atoms with van der Waals surface area (Å²) in [6.45, 7) is 0. The zero-order valence-corrected chi connectivity index (χ0v) is 12.3. The Morgan fingerprint density at radius 1 is 0.842 bits per heavy atom. The summed E-state index contributed by atoms with van der Waals surface area (Å²) in [6, 6.07) is 7.98. The summed E-state index contributed by atoms with van der Waals surface area (Å²) >= 11 is 23.9. The van der Waals surface area contributed by atoms with Gasteiger partial charge in [-0.3, -0.25) is 0 Å². The van der Waals surface area contributed by atoms with E-state index in [9.17, 15) is 0 Å². The normalized spacial score (nSPS) is 10.1. The molecule has 0 unspecified atom stereocenters. The van der Waals surface area contributed by atoms with Crippen molar-refractivity contribution < 1.29 is 0 Å². The van der Waals surface area contributed by atoms with E-state index in [4.69, 9.17) is 51.8 Å². The van der Waals surface area contributed by atoms with Crippen LogP contribution in [-0.2, 0) is 0 Å². The fourth-order valence-electron chi connectivity index (χ4n) is 1.45. The highest BCUT2D eigenvalue weighted by atomic mass is 35.5. The maximum atomic E-state index is 8.73. The average Bonchev–Trinajstić information content (AvgIpc) is 2.37. The average molecular weight is 334 g/mol. The largest absolute Gasteiger partial charge is 0.405 e. The lowest BCUT2D eigenvalue weighted by molar-refractivity contribution is 1.46. The summed E-state index contributed by atoms with van der Waals surface area (Å²) in [7, 11) is 0. The molecule has 0 heterocycles. The Labute approximate surface area is 129 Å². The molecule has 2 aromatic carbocycles. The molecule has 19 heavy (non-hydrogen) atoms. The molecule has 0 spiro atoms. The highest BCUT2D eigenvalue weighted by Gasteiger charge is 2.16. The number of rotatable bonds is 2. The van der Waals surface area contributed by atoms with Crippen LogP contribution in [0.25, 0.3) is 4.98 Å². The van der Waals surface area contributed by atoms with Crippen molar-refractivity contribution in [3.8, 4) is 0 Å². The molecule has 96 valence electrons. The van der Waals surface area contributed by atoms with Gasteiger partial charge in [0.05, 0.1) is 27.5 Å². The van der Waals surface area contributed by atoms with Crippen LogP contribution in [0, 0.1) is 5.39 Å². The van der Waals surface area contributed by atoms with Crippen molar-refractivity contribution in [2.45, 2.75) is 0 Å². The maximum Gasteiger partial charge on any atom is 0.405 e. The Morgan fingerprint density at radius 2 is 1.53 bits per heavy atom. The van der Waals surface area contributed by atoms with Gasteiger partial charge < -0.3 is 5.32 Å². The standard InChI is InChI=1S/C12H6Cl4N3/c13-6-1-2-7(14)10(3-6)18-11-4-9(16)12(19-17)5-8(11)15/h1-5,18H/q+1. The van der Waals surface area contributed by atoms with E-state index in [1.807, 2.05) is 0 Å². The van der Waals surface area contributed by atoms with Crippen LogP contribution in [0.3, 0.4) is 0 Å². The van der Waals surface area contributed by atoms with Crippen molar-refractivity contribution in [1.29, 1.82) is 5.39 Å². The van der Waals surface area contributed by atoms with E-state index in [2.05, 4.69) is 10.3 Å². The van der Waals surface area contributed by atoms with Crippen molar-refractivity contribution in [3.05, 3.63) is 55.4 Å².